The minimum absolute atomic E-state index is 0.235. The summed E-state index contributed by atoms with van der Waals surface area (Å²) in [5.74, 6) is -3.14. The number of aliphatic hydroxyl groups excluding tert-OH is 5. The maximum absolute atomic E-state index is 12.3. The van der Waals surface area contributed by atoms with Gasteiger partial charge in [-0.15, -0.1) is 0 Å². The Bertz CT molecular complexity index is 599. The molecule has 11 nitrogen and oxygen atoms in total. The lowest BCUT2D eigenvalue weighted by molar-refractivity contribution is -0.359. The molecule has 3 saturated heterocycles. The Morgan fingerprint density at radius 1 is 1.11 bits per heavy atom. The molecule has 0 aromatic carbocycles. The summed E-state index contributed by atoms with van der Waals surface area (Å²) in [6.07, 6.45) is -10.7. The minimum atomic E-state index is -1.66. The van der Waals surface area contributed by atoms with Gasteiger partial charge in [0.05, 0.1) is 19.3 Å². The topological polar surface area (TPSA) is 175 Å². The third-order valence-electron chi connectivity index (χ3n) is 6.37. The number of rotatable bonds is 3. The molecule has 27 heavy (non-hydrogen) atoms. The zero-order chi connectivity index (χ0) is 19.7. The van der Waals surface area contributed by atoms with Gasteiger partial charge in [0.2, 0.25) is 0 Å². The Morgan fingerprint density at radius 2 is 1.81 bits per heavy atom. The predicted octanol–water partition coefficient (Wildman–Crippen LogP) is -3.94. The van der Waals surface area contributed by atoms with E-state index in [1.54, 1.807) is 6.92 Å². The molecule has 4 rings (SSSR count). The standard InChI is InChI=1S/C16H24O11/c1-4-8(18)12-7-6(13(22)26-12)14(24-3-16(4,7)23)27-15-11(21)10(20)9(19)5(2-17)25-15/h4-12,14-15,17-21,23H,2-3H2,1H3. The molecule has 0 spiro atoms. The van der Waals surface area contributed by atoms with Gasteiger partial charge in [0.15, 0.2) is 12.6 Å². The van der Waals surface area contributed by atoms with Crippen LogP contribution in [0.1, 0.15) is 6.92 Å². The van der Waals surface area contributed by atoms with Crippen LogP contribution >= 0.6 is 0 Å². The molecule has 4 aliphatic rings. The Labute approximate surface area is 154 Å². The first-order chi connectivity index (χ1) is 12.7. The maximum Gasteiger partial charge on any atom is 0.315 e. The van der Waals surface area contributed by atoms with Crippen LogP contribution < -0.4 is 0 Å². The third kappa shape index (κ3) is 2.65. The molecule has 11 heteroatoms. The van der Waals surface area contributed by atoms with Gasteiger partial charge in [-0.3, -0.25) is 4.79 Å². The molecule has 0 amide bonds. The second kappa shape index (κ2) is 6.58. The summed E-state index contributed by atoms with van der Waals surface area (Å²) in [5, 5.41) is 60.3. The summed E-state index contributed by atoms with van der Waals surface area (Å²) < 4.78 is 21.6. The molecule has 1 aliphatic carbocycles. The average Bonchev–Trinajstić information content (AvgIpc) is 3.09. The molecule has 3 heterocycles. The summed E-state index contributed by atoms with van der Waals surface area (Å²) >= 11 is 0. The van der Waals surface area contributed by atoms with Crippen molar-refractivity contribution in [2.75, 3.05) is 13.2 Å². The molecular formula is C16H24O11. The second-order valence-electron chi connectivity index (χ2n) is 7.74. The van der Waals surface area contributed by atoms with Crippen LogP contribution in [0, 0.1) is 17.8 Å². The zero-order valence-electron chi connectivity index (χ0n) is 14.5. The van der Waals surface area contributed by atoms with Crippen molar-refractivity contribution < 1.29 is 54.4 Å². The van der Waals surface area contributed by atoms with Gasteiger partial charge in [-0.05, 0) is 0 Å². The van der Waals surface area contributed by atoms with Crippen molar-refractivity contribution in [3.8, 4) is 0 Å². The molecular weight excluding hydrogens is 368 g/mol. The number of ether oxygens (including phenoxy) is 4. The molecule has 12 unspecified atom stereocenters. The Kier molecular flexibility index (Phi) is 4.73. The summed E-state index contributed by atoms with van der Waals surface area (Å²) in [4.78, 5) is 12.3. The highest BCUT2D eigenvalue weighted by molar-refractivity contribution is 5.77. The molecule has 0 radical (unpaired) electrons. The highest BCUT2D eigenvalue weighted by Crippen LogP contribution is 2.54. The van der Waals surface area contributed by atoms with Crippen LogP contribution in [0.3, 0.4) is 0 Å². The molecule has 4 fully saturated rings. The van der Waals surface area contributed by atoms with Crippen LogP contribution in [0.15, 0.2) is 0 Å². The molecule has 6 N–H and O–H groups in total. The SMILES string of the molecule is CC1C(O)C2OC(=O)C3C(OC4OC(CO)C(O)C(O)C4O)OCC1(O)C23. The van der Waals surface area contributed by atoms with E-state index in [2.05, 4.69) is 0 Å². The molecule has 154 valence electrons. The maximum atomic E-state index is 12.3. The van der Waals surface area contributed by atoms with Crippen molar-refractivity contribution >= 4 is 5.97 Å². The van der Waals surface area contributed by atoms with E-state index >= 15 is 0 Å². The molecule has 0 aromatic heterocycles. The van der Waals surface area contributed by atoms with Crippen LogP contribution in [0.2, 0.25) is 0 Å². The van der Waals surface area contributed by atoms with Gasteiger partial charge in [0.25, 0.3) is 0 Å². The Balaban J connectivity index is 1.55. The summed E-state index contributed by atoms with van der Waals surface area (Å²) in [5.41, 5.74) is -1.48. The van der Waals surface area contributed by atoms with Gasteiger partial charge in [0, 0.05) is 11.8 Å². The van der Waals surface area contributed by atoms with E-state index < -0.39 is 85.1 Å². The van der Waals surface area contributed by atoms with Crippen LogP contribution in [0.25, 0.3) is 0 Å². The van der Waals surface area contributed by atoms with Gasteiger partial charge < -0.3 is 49.6 Å². The number of esters is 1. The van der Waals surface area contributed by atoms with E-state index in [0.717, 1.165) is 0 Å². The predicted molar refractivity (Wildman–Crippen MR) is 81.6 cm³/mol. The quantitative estimate of drug-likeness (QED) is 0.259. The molecule has 0 aromatic rings. The van der Waals surface area contributed by atoms with Crippen molar-refractivity contribution in [1.29, 1.82) is 0 Å². The van der Waals surface area contributed by atoms with Gasteiger partial charge >= 0.3 is 5.97 Å². The minimum Gasteiger partial charge on any atom is -0.459 e. The highest BCUT2D eigenvalue weighted by Gasteiger charge is 2.71. The number of carbonyl (C=O) groups is 1. The summed E-state index contributed by atoms with van der Waals surface area (Å²) in [6.45, 7) is 0.771. The number of hydrogen-bond donors (Lipinski definition) is 6. The van der Waals surface area contributed by atoms with Crippen molar-refractivity contribution in [3.63, 3.8) is 0 Å². The number of hydrogen-bond acceptors (Lipinski definition) is 11. The lowest BCUT2D eigenvalue weighted by Gasteiger charge is -2.45. The number of aliphatic hydroxyl groups is 6. The fraction of sp³-hybridized carbons (Fsp3) is 0.938. The Morgan fingerprint density at radius 3 is 2.48 bits per heavy atom. The first-order valence-corrected chi connectivity index (χ1v) is 8.89. The van der Waals surface area contributed by atoms with E-state index in [4.69, 9.17) is 18.9 Å². The summed E-state index contributed by atoms with van der Waals surface area (Å²) in [6, 6.07) is 0. The van der Waals surface area contributed by atoms with E-state index in [-0.39, 0.29) is 6.61 Å². The largest absolute Gasteiger partial charge is 0.459 e. The fourth-order valence-corrected chi connectivity index (χ4v) is 4.66. The van der Waals surface area contributed by atoms with E-state index in [0.29, 0.717) is 0 Å². The second-order valence-corrected chi connectivity index (χ2v) is 7.74. The molecule has 1 saturated carbocycles. The van der Waals surface area contributed by atoms with E-state index in [1.807, 2.05) is 0 Å². The van der Waals surface area contributed by atoms with Crippen LogP contribution in [0.4, 0.5) is 0 Å². The highest BCUT2D eigenvalue weighted by atomic mass is 16.8. The smallest absolute Gasteiger partial charge is 0.315 e. The lowest BCUT2D eigenvalue weighted by Crippen LogP contribution is -2.62. The van der Waals surface area contributed by atoms with Crippen LogP contribution in [-0.2, 0) is 23.7 Å². The Hall–Kier alpha value is -0.890. The van der Waals surface area contributed by atoms with Gasteiger partial charge in [-0.1, -0.05) is 6.92 Å². The van der Waals surface area contributed by atoms with Gasteiger partial charge in [0.1, 0.15) is 42.0 Å². The molecule has 12 atom stereocenters. The first-order valence-electron chi connectivity index (χ1n) is 8.89. The average molecular weight is 392 g/mol. The molecule has 0 bridgehead atoms. The monoisotopic (exact) mass is 392 g/mol. The van der Waals surface area contributed by atoms with Crippen molar-refractivity contribution in [2.24, 2.45) is 17.8 Å². The van der Waals surface area contributed by atoms with Crippen LogP contribution in [-0.4, -0.2) is 105 Å². The van der Waals surface area contributed by atoms with Crippen molar-refractivity contribution in [1.82, 2.24) is 0 Å². The normalized spacial score (nSPS) is 57.4. The van der Waals surface area contributed by atoms with E-state index in [9.17, 15) is 35.4 Å². The van der Waals surface area contributed by atoms with Gasteiger partial charge in [-0.2, -0.15) is 0 Å². The van der Waals surface area contributed by atoms with E-state index in [1.165, 1.54) is 0 Å². The fourth-order valence-electron chi connectivity index (χ4n) is 4.66. The first kappa shape index (κ1) is 19.4. The van der Waals surface area contributed by atoms with Crippen molar-refractivity contribution in [3.05, 3.63) is 0 Å². The number of carbonyl (C=O) groups excluding carboxylic acids is 1. The zero-order valence-corrected chi connectivity index (χ0v) is 14.5. The lowest BCUT2D eigenvalue weighted by atomic mass is 9.76. The van der Waals surface area contributed by atoms with Crippen LogP contribution in [0.5, 0.6) is 0 Å². The summed E-state index contributed by atoms with van der Waals surface area (Å²) in [7, 11) is 0. The van der Waals surface area contributed by atoms with Crippen molar-refractivity contribution in [2.45, 2.75) is 61.7 Å². The third-order valence-corrected chi connectivity index (χ3v) is 6.37. The van der Waals surface area contributed by atoms with Gasteiger partial charge in [-0.25, -0.2) is 0 Å². The molecule has 3 aliphatic heterocycles.